The minimum absolute atomic E-state index is 0.0434. The van der Waals surface area contributed by atoms with E-state index in [1.165, 1.54) is 0 Å². The van der Waals surface area contributed by atoms with Crippen LogP contribution in [0, 0.1) is 0 Å². The van der Waals surface area contributed by atoms with Crippen LogP contribution >= 0.6 is 0 Å². The minimum Gasteiger partial charge on any atom is -0.390 e. The number of ketones is 1. The van der Waals surface area contributed by atoms with Gasteiger partial charge in [-0.3, -0.25) is 4.79 Å². The van der Waals surface area contributed by atoms with Crippen LogP contribution in [0.3, 0.4) is 0 Å². The molecule has 0 heterocycles. The van der Waals surface area contributed by atoms with Crippen molar-refractivity contribution in [2.24, 2.45) is 0 Å². The Morgan fingerprint density at radius 3 is 1.90 bits per heavy atom. The van der Waals surface area contributed by atoms with Gasteiger partial charge in [0.1, 0.15) is 11.9 Å². The molecule has 3 N–H and O–H groups in total. The Bertz CT molecular complexity index is 131. The Balaban J connectivity index is 2.57. The molecule has 0 spiro atoms. The summed E-state index contributed by atoms with van der Waals surface area (Å²) in [5.74, 6) is -0.203. The Kier molecular flexibility index (Phi) is 2.03. The molecular weight excluding hydrogens is 136 g/mol. The summed E-state index contributed by atoms with van der Waals surface area (Å²) < 4.78 is 0. The molecule has 0 aromatic carbocycles. The highest BCUT2D eigenvalue weighted by Crippen LogP contribution is 2.15. The SMILES string of the molecule is O=C1C[C@@H](O)C(O)[C@@H](O)C1. The van der Waals surface area contributed by atoms with Gasteiger partial charge in [-0.1, -0.05) is 0 Å². The molecule has 4 heteroatoms. The van der Waals surface area contributed by atoms with Crippen LogP contribution in [-0.2, 0) is 4.79 Å². The van der Waals surface area contributed by atoms with Crippen LogP contribution in [-0.4, -0.2) is 39.4 Å². The Hall–Kier alpha value is -0.450. The highest BCUT2D eigenvalue weighted by Gasteiger charge is 2.33. The lowest BCUT2D eigenvalue weighted by Gasteiger charge is -2.26. The van der Waals surface area contributed by atoms with Crippen molar-refractivity contribution >= 4 is 5.78 Å². The van der Waals surface area contributed by atoms with Crippen LogP contribution in [0.25, 0.3) is 0 Å². The van der Waals surface area contributed by atoms with E-state index in [0.29, 0.717) is 0 Å². The predicted molar refractivity (Wildman–Crippen MR) is 32.3 cm³/mol. The molecular formula is C6H10O4. The first kappa shape index (κ1) is 7.65. The average Bonchev–Trinajstić information content (AvgIpc) is 1.82. The van der Waals surface area contributed by atoms with E-state index in [1.54, 1.807) is 0 Å². The van der Waals surface area contributed by atoms with Gasteiger partial charge >= 0.3 is 0 Å². The normalized spacial score (nSPS) is 41.9. The van der Waals surface area contributed by atoms with E-state index in [4.69, 9.17) is 15.3 Å². The van der Waals surface area contributed by atoms with Gasteiger partial charge in [-0.25, -0.2) is 0 Å². The Labute approximate surface area is 58.1 Å². The molecule has 1 aliphatic carbocycles. The second-order valence-electron chi connectivity index (χ2n) is 2.57. The van der Waals surface area contributed by atoms with Crippen molar-refractivity contribution in [2.45, 2.75) is 31.2 Å². The fourth-order valence-electron chi connectivity index (χ4n) is 1.05. The topological polar surface area (TPSA) is 77.8 Å². The molecule has 1 rings (SSSR count). The summed E-state index contributed by atoms with van der Waals surface area (Å²) in [6.07, 6.45) is -3.42. The van der Waals surface area contributed by atoms with E-state index in [9.17, 15) is 4.79 Å². The maximum Gasteiger partial charge on any atom is 0.138 e. The standard InChI is InChI=1S/C6H10O4/c7-3-1-4(8)6(10)5(9)2-3/h4-6,8-10H,1-2H2/t4-,5+,6?. The summed E-state index contributed by atoms with van der Waals surface area (Å²) in [5.41, 5.74) is 0. The van der Waals surface area contributed by atoms with Gasteiger partial charge in [0.25, 0.3) is 0 Å². The monoisotopic (exact) mass is 146 g/mol. The van der Waals surface area contributed by atoms with E-state index in [0.717, 1.165) is 0 Å². The van der Waals surface area contributed by atoms with Crippen molar-refractivity contribution in [3.05, 3.63) is 0 Å². The molecule has 0 aliphatic heterocycles. The number of hydrogen-bond acceptors (Lipinski definition) is 4. The lowest BCUT2D eigenvalue weighted by atomic mass is 9.91. The zero-order valence-corrected chi connectivity index (χ0v) is 5.40. The Morgan fingerprint density at radius 1 is 1.10 bits per heavy atom. The van der Waals surface area contributed by atoms with Crippen LogP contribution in [0.5, 0.6) is 0 Å². The van der Waals surface area contributed by atoms with Crippen molar-refractivity contribution in [3.8, 4) is 0 Å². The van der Waals surface area contributed by atoms with Crippen molar-refractivity contribution in [1.82, 2.24) is 0 Å². The van der Waals surface area contributed by atoms with Gasteiger partial charge in [-0.2, -0.15) is 0 Å². The van der Waals surface area contributed by atoms with Crippen LogP contribution < -0.4 is 0 Å². The van der Waals surface area contributed by atoms with Crippen LogP contribution in [0.2, 0.25) is 0 Å². The van der Waals surface area contributed by atoms with E-state index in [-0.39, 0.29) is 18.6 Å². The summed E-state index contributed by atoms with van der Waals surface area (Å²) in [6.45, 7) is 0. The molecule has 0 amide bonds. The first-order valence-electron chi connectivity index (χ1n) is 3.17. The highest BCUT2D eigenvalue weighted by atomic mass is 16.4. The van der Waals surface area contributed by atoms with E-state index in [1.807, 2.05) is 0 Å². The summed E-state index contributed by atoms with van der Waals surface area (Å²) in [4.78, 5) is 10.6. The van der Waals surface area contributed by atoms with Gasteiger partial charge in [0.2, 0.25) is 0 Å². The van der Waals surface area contributed by atoms with Gasteiger partial charge in [0.15, 0.2) is 0 Å². The number of carbonyl (C=O) groups is 1. The molecule has 1 saturated carbocycles. The van der Waals surface area contributed by atoms with Gasteiger partial charge in [0.05, 0.1) is 12.2 Å². The molecule has 1 unspecified atom stereocenters. The number of aliphatic hydroxyl groups excluding tert-OH is 3. The fourth-order valence-corrected chi connectivity index (χ4v) is 1.05. The van der Waals surface area contributed by atoms with Crippen molar-refractivity contribution in [3.63, 3.8) is 0 Å². The molecule has 58 valence electrons. The lowest BCUT2D eigenvalue weighted by Crippen LogP contribution is -2.44. The summed E-state index contributed by atoms with van der Waals surface area (Å²) in [5, 5.41) is 26.7. The summed E-state index contributed by atoms with van der Waals surface area (Å²) in [7, 11) is 0. The van der Waals surface area contributed by atoms with Gasteiger partial charge in [-0.05, 0) is 0 Å². The fraction of sp³-hybridized carbons (Fsp3) is 0.833. The van der Waals surface area contributed by atoms with Crippen molar-refractivity contribution in [1.29, 1.82) is 0 Å². The lowest BCUT2D eigenvalue weighted by molar-refractivity contribution is -0.138. The third-order valence-corrected chi connectivity index (χ3v) is 1.66. The molecule has 1 fully saturated rings. The molecule has 0 aromatic heterocycles. The number of aliphatic hydroxyl groups is 3. The van der Waals surface area contributed by atoms with Gasteiger partial charge in [0, 0.05) is 12.8 Å². The van der Waals surface area contributed by atoms with E-state index in [2.05, 4.69) is 0 Å². The van der Waals surface area contributed by atoms with Crippen molar-refractivity contribution in [2.75, 3.05) is 0 Å². The number of rotatable bonds is 0. The predicted octanol–water partition coefficient (Wildman–Crippen LogP) is -1.57. The summed E-state index contributed by atoms with van der Waals surface area (Å²) in [6, 6.07) is 0. The second kappa shape index (κ2) is 2.65. The third-order valence-electron chi connectivity index (χ3n) is 1.66. The number of carbonyl (C=O) groups excluding carboxylic acids is 1. The smallest absolute Gasteiger partial charge is 0.138 e. The molecule has 3 atom stereocenters. The molecule has 0 saturated heterocycles. The largest absolute Gasteiger partial charge is 0.390 e. The van der Waals surface area contributed by atoms with Gasteiger partial charge in [-0.15, -0.1) is 0 Å². The number of hydrogen-bond donors (Lipinski definition) is 3. The van der Waals surface area contributed by atoms with Gasteiger partial charge < -0.3 is 15.3 Å². The average molecular weight is 146 g/mol. The highest BCUT2D eigenvalue weighted by molar-refractivity contribution is 5.80. The zero-order valence-electron chi connectivity index (χ0n) is 5.40. The van der Waals surface area contributed by atoms with Crippen molar-refractivity contribution < 1.29 is 20.1 Å². The third kappa shape index (κ3) is 1.34. The Morgan fingerprint density at radius 2 is 1.50 bits per heavy atom. The molecule has 10 heavy (non-hydrogen) atoms. The molecule has 0 radical (unpaired) electrons. The molecule has 0 aromatic rings. The first-order chi connectivity index (χ1) is 4.61. The number of Topliss-reactive ketones (excluding diaryl/α,β-unsaturated/α-hetero) is 1. The minimum atomic E-state index is -1.15. The van der Waals surface area contributed by atoms with Crippen LogP contribution in [0.4, 0.5) is 0 Å². The van der Waals surface area contributed by atoms with Crippen LogP contribution in [0.1, 0.15) is 12.8 Å². The molecule has 1 aliphatic rings. The van der Waals surface area contributed by atoms with Crippen LogP contribution in [0.15, 0.2) is 0 Å². The molecule has 0 bridgehead atoms. The maximum atomic E-state index is 10.6. The maximum absolute atomic E-state index is 10.6. The van der Waals surface area contributed by atoms with E-state index < -0.39 is 18.3 Å². The van der Waals surface area contributed by atoms with E-state index >= 15 is 0 Å². The summed E-state index contributed by atoms with van der Waals surface area (Å²) >= 11 is 0. The zero-order chi connectivity index (χ0) is 7.72. The molecule has 4 nitrogen and oxygen atoms in total. The first-order valence-corrected chi connectivity index (χ1v) is 3.17. The quantitative estimate of drug-likeness (QED) is 0.386. The second-order valence-corrected chi connectivity index (χ2v) is 2.57.